The Labute approximate surface area is 260 Å². The largest absolute Gasteiger partial charge is 0.460 e. The molecule has 1 fully saturated rings. The molecule has 0 saturated carbocycles. The van der Waals surface area contributed by atoms with Gasteiger partial charge in [0.15, 0.2) is 0 Å². The van der Waals surface area contributed by atoms with Crippen molar-refractivity contribution in [3.8, 4) is 0 Å². The SMILES string of the molecule is CCCCC(CC(=O)OC(C)(C)C)C(=O)NCCCOCCOCCOCCCNC(=O)CCC(=O)ON1C(=O)CCC1=O. The lowest BCUT2D eigenvalue weighted by molar-refractivity contribution is -0.197. The fraction of sp³-hybridized carbons (Fsp3) is 0.800. The Morgan fingerprint density at radius 1 is 0.773 bits per heavy atom. The summed E-state index contributed by atoms with van der Waals surface area (Å²) in [6, 6.07) is 0. The monoisotopic (exact) mass is 629 g/mol. The van der Waals surface area contributed by atoms with Crippen LogP contribution < -0.4 is 10.6 Å². The van der Waals surface area contributed by atoms with Gasteiger partial charge in [-0.15, -0.1) is 5.06 Å². The summed E-state index contributed by atoms with van der Waals surface area (Å²) in [7, 11) is 0. The predicted molar refractivity (Wildman–Crippen MR) is 158 cm³/mol. The van der Waals surface area contributed by atoms with Crippen LogP contribution >= 0.6 is 0 Å². The molecular formula is C30H51N3O11. The Morgan fingerprint density at radius 2 is 1.32 bits per heavy atom. The highest BCUT2D eigenvalue weighted by molar-refractivity contribution is 6.01. The molecule has 0 radical (unpaired) electrons. The zero-order valence-electron chi connectivity index (χ0n) is 26.7. The number of unbranched alkanes of at least 4 members (excludes halogenated alkanes) is 1. The van der Waals surface area contributed by atoms with Gasteiger partial charge in [-0.25, -0.2) is 4.79 Å². The number of carbonyl (C=O) groups excluding carboxylic acids is 6. The molecule has 0 aliphatic carbocycles. The lowest BCUT2D eigenvalue weighted by Gasteiger charge is -2.22. The molecule has 1 saturated heterocycles. The van der Waals surface area contributed by atoms with Crippen molar-refractivity contribution in [3.05, 3.63) is 0 Å². The molecular weight excluding hydrogens is 578 g/mol. The van der Waals surface area contributed by atoms with E-state index in [1.54, 1.807) is 20.8 Å². The quantitative estimate of drug-likeness (QED) is 0.0907. The standard InChI is InChI=1S/C30H51N3O11/c1-5-6-9-23(22-28(38)43-30(2,3)4)29(39)32-15-8-17-41-19-21-42-20-18-40-16-7-14-31-24(34)10-13-27(37)44-33-25(35)11-12-26(33)36/h23H,5-22H2,1-4H3,(H,31,34)(H,32,39). The lowest BCUT2D eigenvalue weighted by atomic mass is 9.97. The summed E-state index contributed by atoms with van der Waals surface area (Å²) in [5, 5.41) is 6.01. The van der Waals surface area contributed by atoms with Crippen molar-refractivity contribution in [3.63, 3.8) is 0 Å². The number of nitrogens with one attached hydrogen (secondary N) is 2. The summed E-state index contributed by atoms with van der Waals surface area (Å²) in [5.74, 6) is -3.18. The van der Waals surface area contributed by atoms with Gasteiger partial charge in [0.1, 0.15) is 5.60 Å². The van der Waals surface area contributed by atoms with Gasteiger partial charge in [0.2, 0.25) is 11.8 Å². The van der Waals surface area contributed by atoms with Crippen molar-refractivity contribution >= 4 is 35.6 Å². The highest BCUT2D eigenvalue weighted by Crippen LogP contribution is 2.17. The Balaban J connectivity index is 1.95. The molecule has 0 aromatic carbocycles. The van der Waals surface area contributed by atoms with Crippen molar-refractivity contribution in [2.75, 3.05) is 52.7 Å². The van der Waals surface area contributed by atoms with Crippen molar-refractivity contribution in [2.45, 2.75) is 97.5 Å². The number of hydrogen-bond donors (Lipinski definition) is 2. The fourth-order valence-electron chi connectivity index (χ4n) is 3.94. The molecule has 2 N–H and O–H groups in total. The van der Waals surface area contributed by atoms with Gasteiger partial charge in [0.05, 0.1) is 39.3 Å². The Morgan fingerprint density at radius 3 is 1.86 bits per heavy atom. The first-order valence-corrected chi connectivity index (χ1v) is 15.5. The summed E-state index contributed by atoms with van der Waals surface area (Å²) in [6.07, 6.45) is 3.42. The highest BCUT2D eigenvalue weighted by Gasteiger charge is 2.32. The minimum atomic E-state index is -0.814. The van der Waals surface area contributed by atoms with E-state index in [1.165, 1.54) is 0 Å². The van der Waals surface area contributed by atoms with Crippen LogP contribution in [0, 0.1) is 5.92 Å². The minimum absolute atomic E-state index is 0.0144. The van der Waals surface area contributed by atoms with E-state index in [2.05, 4.69) is 10.6 Å². The van der Waals surface area contributed by atoms with Crippen LogP contribution in [0.25, 0.3) is 0 Å². The van der Waals surface area contributed by atoms with E-state index in [-0.39, 0.29) is 49.9 Å². The van der Waals surface area contributed by atoms with Gasteiger partial charge in [0, 0.05) is 51.5 Å². The van der Waals surface area contributed by atoms with Crippen molar-refractivity contribution < 1.29 is 52.6 Å². The van der Waals surface area contributed by atoms with Crippen LogP contribution in [0.2, 0.25) is 0 Å². The van der Waals surface area contributed by atoms with Gasteiger partial charge in [-0.1, -0.05) is 19.8 Å². The van der Waals surface area contributed by atoms with Crippen LogP contribution in [-0.2, 0) is 52.6 Å². The normalized spacial score (nSPS) is 14.0. The van der Waals surface area contributed by atoms with Gasteiger partial charge in [-0.2, -0.15) is 0 Å². The van der Waals surface area contributed by atoms with Gasteiger partial charge >= 0.3 is 11.9 Å². The molecule has 14 heteroatoms. The molecule has 1 rings (SSSR count). The maximum Gasteiger partial charge on any atom is 0.333 e. The van der Waals surface area contributed by atoms with Gasteiger partial charge in [-0.05, 0) is 40.0 Å². The van der Waals surface area contributed by atoms with Crippen LogP contribution in [0.4, 0.5) is 0 Å². The lowest BCUT2D eigenvalue weighted by Crippen LogP contribution is -2.34. The van der Waals surface area contributed by atoms with Gasteiger partial charge < -0.3 is 34.4 Å². The molecule has 44 heavy (non-hydrogen) atoms. The third kappa shape index (κ3) is 19.2. The Kier molecular flexibility index (Phi) is 19.8. The summed E-state index contributed by atoms with van der Waals surface area (Å²) in [4.78, 5) is 75.8. The second kappa shape index (κ2) is 22.4. The Bertz CT molecular complexity index is 904. The highest BCUT2D eigenvalue weighted by atomic mass is 16.7. The first-order chi connectivity index (χ1) is 20.9. The van der Waals surface area contributed by atoms with E-state index >= 15 is 0 Å². The second-order valence-electron chi connectivity index (χ2n) is 11.4. The molecule has 1 aliphatic rings. The summed E-state index contributed by atoms with van der Waals surface area (Å²) in [6.45, 7) is 10.8. The molecule has 14 nitrogen and oxygen atoms in total. The number of hydrogen-bond acceptors (Lipinski definition) is 11. The Hall–Kier alpha value is -3.10. The number of rotatable bonds is 24. The molecule has 1 aliphatic heterocycles. The minimum Gasteiger partial charge on any atom is -0.460 e. The molecule has 0 bridgehead atoms. The molecule has 1 atom stereocenters. The molecule has 0 spiro atoms. The summed E-state index contributed by atoms with van der Waals surface area (Å²) < 4.78 is 21.8. The number of hydroxylamine groups is 2. The molecule has 4 amide bonds. The average Bonchev–Trinajstić information content (AvgIpc) is 3.27. The maximum absolute atomic E-state index is 12.6. The third-order valence-electron chi connectivity index (χ3n) is 6.16. The topological polar surface area (TPSA) is 176 Å². The number of imide groups is 1. The van der Waals surface area contributed by atoms with E-state index in [4.69, 9.17) is 23.8 Å². The predicted octanol–water partition coefficient (Wildman–Crippen LogP) is 1.97. The fourth-order valence-corrected chi connectivity index (χ4v) is 3.94. The zero-order valence-corrected chi connectivity index (χ0v) is 26.7. The molecule has 252 valence electrons. The van der Waals surface area contributed by atoms with E-state index in [9.17, 15) is 28.8 Å². The second-order valence-corrected chi connectivity index (χ2v) is 11.4. The van der Waals surface area contributed by atoms with Crippen LogP contribution in [0.1, 0.15) is 91.9 Å². The smallest absolute Gasteiger partial charge is 0.333 e. The molecule has 0 aromatic heterocycles. The van der Waals surface area contributed by atoms with Crippen LogP contribution in [0.15, 0.2) is 0 Å². The van der Waals surface area contributed by atoms with E-state index in [0.29, 0.717) is 77.1 Å². The van der Waals surface area contributed by atoms with Gasteiger partial charge in [0.25, 0.3) is 11.8 Å². The van der Waals surface area contributed by atoms with E-state index in [1.807, 2.05) is 6.92 Å². The first-order valence-electron chi connectivity index (χ1n) is 15.5. The van der Waals surface area contributed by atoms with Crippen molar-refractivity contribution in [2.24, 2.45) is 5.92 Å². The van der Waals surface area contributed by atoms with Crippen LogP contribution in [0.3, 0.4) is 0 Å². The number of ether oxygens (including phenoxy) is 4. The van der Waals surface area contributed by atoms with Crippen molar-refractivity contribution in [1.29, 1.82) is 0 Å². The maximum atomic E-state index is 12.6. The average molecular weight is 630 g/mol. The van der Waals surface area contributed by atoms with E-state index < -0.39 is 29.3 Å². The first kappa shape index (κ1) is 38.9. The number of amides is 4. The van der Waals surface area contributed by atoms with Gasteiger partial charge in [-0.3, -0.25) is 24.0 Å². The summed E-state index contributed by atoms with van der Waals surface area (Å²) >= 11 is 0. The zero-order chi connectivity index (χ0) is 32.8. The van der Waals surface area contributed by atoms with Crippen LogP contribution in [-0.4, -0.2) is 99.0 Å². The van der Waals surface area contributed by atoms with E-state index in [0.717, 1.165) is 12.8 Å². The molecule has 1 unspecified atom stereocenters. The molecule has 0 aromatic rings. The number of esters is 1. The van der Waals surface area contributed by atoms with Crippen molar-refractivity contribution in [1.82, 2.24) is 15.7 Å². The third-order valence-corrected chi connectivity index (χ3v) is 6.16. The summed E-state index contributed by atoms with van der Waals surface area (Å²) in [5.41, 5.74) is -0.578. The number of nitrogens with zero attached hydrogens (tertiary/aromatic N) is 1. The van der Waals surface area contributed by atoms with Crippen LogP contribution in [0.5, 0.6) is 0 Å². The molecule has 1 heterocycles. The number of carbonyl (C=O) groups is 6.